The number of carbonyl (C=O) groups is 1. The third-order valence-corrected chi connectivity index (χ3v) is 6.34. The van der Waals surface area contributed by atoms with Crippen molar-refractivity contribution in [3.63, 3.8) is 0 Å². The lowest BCUT2D eigenvalue weighted by molar-refractivity contribution is -0.137. The summed E-state index contributed by atoms with van der Waals surface area (Å²) in [4.78, 5) is 12.2. The number of urea groups is 1. The summed E-state index contributed by atoms with van der Waals surface area (Å²) in [6.07, 6.45) is -3.18. The molecule has 0 unspecified atom stereocenters. The molecule has 0 radical (unpaired) electrons. The standard InChI is InChI=1S/C19H20F3N3O3S/c1-2-29(27,28)25-10-4-5-13-11-16(8-9-17(13)25)24-18(26)23-15-7-3-6-14(12-15)19(20,21)22/h3,6-9,11-12H,2,4-5,10H2,1H3,(H2,23,24,26). The Hall–Kier alpha value is -2.75. The second kappa shape index (κ2) is 7.94. The summed E-state index contributed by atoms with van der Waals surface area (Å²) in [5.41, 5.74) is 0.938. The molecule has 1 heterocycles. The normalized spacial score (nSPS) is 14.3. The van der Waals surface area contributed by atoms with E-state index < -0.39 is 27.8 Å². The Bertz CT molecular complexity index is 1020. The van der Waals surface area contributed by atoms with E-state index in [4.69, 9.17) is 0 Å². The molecule has 0 atom stereocenters. The third-order valence-electron chi connectivity index (χ3n) is 4.56. The van der Waals surface area contributed by atoms with Crippen molar-refractivity contribution >= 4 is 33.1 Å². The molecule has 2 aromatic carbocycles. The fourth-order valence-corrected chi connectivity index (χ4v) is 4.35. The summed E-state index contributed by atoms with van der Waals surface area (Å²) >= 11 is 0. The average Bonchev–Trinajstić information content (AvgIpc) is 2.66. The molecule has 2 aromatic rings. The van der Waals surface area contributed by atoms with Crippen molar-refractivity contribution in [2.75, 3.05) is 27.2 Å². The van der Waals surface area contributed by atoms with Gasteiger partial charge in [0.05, 0.1) is 17.0 Å². The first-order chi connectivity index (χ1) is 13.6. The fraction of sp³-hybridized carbons (Fsp3) is 0.316. The molecule has 2 amide bonds. The maximum absolute atomic E-state index is 12.8. The Labute approximate surface area is 166 Å². The van der Waals surface area contributed by atoms with Crippen LogP contribution in [0.5, 0.6) is 0 Å². The summed E-state index contributed by atoms with van der Waals surface area (Å²) in [5.74, 6) is -0.00810. The minimum Gasteiger partial charge on any atom is -0.308 e. The molecule has 2 N–H and O–H groups in total. The van der Waals surface area contributed by atoms with Gasteiger partial charge < -0.3 is 10.6 Å². The molecule has 29 heavy (non-hydrogen) atoms. The second-order valence-corrected chi connectivity index (χ2v) is 8.76. The molecular weight excluding hydrogens is 407 g/mol. The number of nitrogens with zero attached hydrogens (tertiary/aromatic N) is 1. The van der Waals surface area contributed by atoms with Crippen LogP contribution >= 0.6 is 0 Å². The van der Waals surface area contributed by atoms with Gasteiger partial charge in [0, 0.05) is 17.9 Å². The Kier molecular flexibility index (Phi) is 5.74. The first-order valence-electron chi connectivity index (χ1n) is 8.99. The van der Waals surface area contributed by atoms with E-state index in [2.05, 4.69) is 10.6 Å². The topological polar surface area (TPSA) is 78.5 Å². The van der Waals surface area contributed by atoms with Gasteiger partial charge in [-0.05, 0) is 61.7 Å². The number of amides is 2. The summed E-state index contributed by atoms with van der Waals surface area (Å²) in [6, 6.07) is 8.50. The van der Waals surface area contributed by atoms with E-state index in [1.807, 2.05) is 0 Å². The number of nitrogens with one attached hydrogen (secondary N) is 2. The molecule has 0 aliphatic carbocycles. The first-order valence-corrected chi connectivity index (χ1v) is 10.6. The van der Waals surface area contributed by atoms with Crippen molar-refractivity contribution < 1.29 is 26.4 Å². The second-order valence-electron chi connectivity index (χ2n) is 6.58. The van der Waals surface area contributed by atoms with E-state index in [-0.39, 0.29) is 11.4 Å². The molecule has 1 aliphatic rings. The number of aryl methyl sites for hydroxylation is 1. The Balaban J connectivity index is 1.74. The van der Waals surface area contributed by atoms with E-state index in [0.717, 1.165) is 17.7 Å². The Morgan fingerprint density at radius 1 is 1.10 bits per heavy atom. The maximum Gasteiger partial charge on any atom is 0.416 e. The van der Waals surface area contributed by atoms with Gasteiger partial charge in [0.15, 0.2) is 0 Å². The Morgan fingerprint density at radius 3 is 2.45 bits per heavy atom. The predicted octanol–water partition coefficient (Wildman–Crippen LogP) is 4.45. The highest BCUT2D eigenvalue weighted by atomic mass is 32.2. The average molecular weight is 427 g/mol. The number of halogens is 3. The number of alkyl halides is 3. The van der Waals surface area contributed by atoms with E-state index in [1.165, 1.54) is 16.4 Å². The van der Waals surface area contributed by atoms with Crippen LogP contribution in [0.1, 0.15) is 24.5 Å². The molecule has 6 nitrogen and oxygen atoms in total. The molecule has 1 aliphatic heterocycles. The predicted molar refractivity (Wildman–Crippen MR) is 106 cm³/mol. The number of sulfonamides is 1. The zero-order valence-electron chi connectivity index (χ0n) is 15.6. The van der Waals surface area contributed by atoms with E-state index in [1.54, 1.807) is 25.1 Å². The van der Waals surface area contributed by atoms with Crippen molar-refractivity contribution in [3.05, 3.63) is 53.6 Å². The van der Waals surface area contributed by atoms with Crippen LogP contribution in [0, 0.1) is 0 Å². The van der Waals surface area contributed by atoms with Gasteiger partial charge in [0.1, 0.15) is 0 Å². The van der Waals surface area contributed by atoms with Crippen LogP contribution in [0.2, 0.25) is 0 Å². The molecule has 3 rings (SSSR count). The van der Waals surface area contributed by atoms with Crippen molar-refractivity contribution in [2.24, 2.45) is 0 Å². The van der Waals surface area contributed by atoms with Crippen molar-refractivity contribution in [2.45, 2.75) is 25.9 Å². The third kappa shape index (κ3) is 4.81. The minimum atomic E-state index is -4.50. The molecular formula is C19H20F3N3O3S. The highest BCUT2D eigenvalue weighted by Gasteiger charge is 2.30. The quantitative estimate of drug-likeness (QED) is 0.757. The summed E-state index contributed by atoms with van der Waals surface area (Å²) in [6.45, 7) is 1.99. The van der Waals surface area contributed by atoms with Crippen LogP contribution in [-0.4, -0.2) is 26.7 Å². The van der Waals surface area contributed by atoms with Gasteiger partial charge in [-0.3, -0.25) is 4.31 Å². The summed E-state index contributed by atoms with van der Waals surface area (Å²) in [5, 5.41) is 4.94. The van der Waals surface area contributed by atoms with E-state index in [0.29, 0.717) is 30.8 Å². The zero-order valence-corrected chi connectivity index (χ0v) is 16.4. The van der Waals surface area contributed by atoms with Crippen LogP contribution in [0.3, 0.4) is 0 Å². The number of carbonyl (C=O) groups excluding carboxylic acids is 1. The van der Waals surface area contributed by atoms with Crippen molar-refractivity contribution in [3.8, 4) is 0 Å². The van der Waals surface area contributed by atoms with Gasteiger partial charge in [-0.15, -0.1) is 0 Å². The monoisotopic (exact) mass is 427 g/mol. The van der Waals surface area contributed by atoms with Gasteiger partial charge >= 0.3 is 12.2 Å². The van der Waals surface area contributed by atoms with Gasteiger partial charge in [-0.2, -0.15) is 13.2 Å². The van der Waals surface area contributed by atoms with Crippen LogP contribution in [0.15, 0.2) is 42.5 Å². The van der Waals surface area contributed by atoms with Crippen LogP contribution in [0.4, 0.5) is 35.0 Å². The fourth-order valence-electron chi connectivity index (χ4n) is 3.15. The summed E-state index contributed by atoms with van der Waals surface area (Å²) < 4.78 is 64.2. The van der Waals surface area contributed by atoms with Gasteiger partial charge in [-0.1, -0.05) is 6.07 Å². The molecule has 0 saturated carbocycles. The summed E-state index contributed by atoms with van der Waals surface area (Å²) in [7, 11) is -3.39. The molecule has 0 fully saturated rings. The van der Waals surface area contributed by atoms with Crippen molar-refractivity contribution in [1.82, 2.24) is 0 Å². The number of rotatable bonds is 4. The van der Waals surface area contributed by atoms with E-state index >= 15 is 0 Å². The van der Waals surface area contributed by atoms with Gasteiger partial charge in [0.2, 0.25) is 10.0 Å². The lowest BCUT2D eigenvalue weighted by atomic mass is 10.0. The van der Waals surface area contributed by atoms with Crippen molar-refractivity contribution in [1.29, 1.82) is 0 Å². The molecule has 0 saturated heterocycles. The lowest BCUT2D eigenvalue weighted by Crippen LogP contribution is -2.36. The molecule has 0 spiro atoms. The number of fused-ring (bicyclic) bond motifs is 1. The highest BCUT2D eigenvalue weighted by Crippen LogP contribution is 2.32. The van der Waals surface area contributed by atoms with Crippen LogP contribution < -0.4 is 14.9 Å². The SMILES string of the molecule is CCS(=O)(=O)N1CCCc2cc(NC(=O)Nc3cccc(C(F)(F)F)c3)ccc21. The zero-order chi connectivity index (χ0) is 21.2. The number of benzene rings is 2. The largest absolute Gasteiger partial charge is 0.416 e. The first kappa shape index (κ1) is 21.0. The molecule has 0 bridgehead atoms. The maximum atomic E-state index is 12.8. The molecule has 0 aromatic heterocycles. The highest BCUT2D eigenvalue weighted by molar-refractivity contribution is 7.92. The van der Waals surface area contributed by atoms with Gasteiger partial charge in [0.25, 0.3) is 0 Å². The van der Waals surface area contributed by atoms with E-state index in [9.17, 15) is 26.4 Å². The molecule has 156 valence electrons. The smallest absolute Gasteiger partial charge is 0.308 e. The number of hydrogen-bond acceptors (Lipinski definition) is 3. The minimum absolute atomic E-state index is 0.00810. The Morgan fingerprint density at radius 2 is 1.79 bits per heavy atom. The lowest BCUT2D eigenvalue weighted by Gasteiger charge is -2.30. The number of anilines is 3. The van der Waals surface area contributed by atoms with Crippen LogP contribution in [0.25, 0.3) is 0 Å². The van der Waals surface area contributed by atoms with Crippen LogP contribution in [-0.2, 0) is 22.6 Å². The number of hydrogen-bond donors (Lipinski definition) is 2. The molecule has 10 heteroatoms. The van der Waals surface area contributed by atoms with Gasteiger partial charge in [-0.25, -0.2) is 13.2 Å².